The van der Waals surface area contributed by atoms with Crippen LogP contribution in [0.4, 0.5) is 0 Å². The quantitative estimate of drug-likeness (QED) is 0.762. The molecule has 0 aliphatic carbocycles. The Morgan fingerprint density at radius 1 is 1.21 bits per heavy atom. The van der Waals surface area contributed by atoms with E-state index in [1.165, 1.54) is 11.1 Å². The van der Waals surface area contributed by atoms with Crippen molar-refractivity contribution >= 4 is 11.6 Å². The topological polar surface area (TPSA) is 25.8 Å². The summed E-state index contributed by atoms with van der Waals surface area (Å²) in [5.74, 6) is 0. The molecule has 1 aromatic heterocycles. The first-order valence-electron chi connectivity index (χ1n) is 6.44. The van der Waals surface area contributed by atoms with Crippen molar-refractivity contribution in [3.63, 3.8) is 0 Å². The van der Waals surface area contributed by atoms with E-state index in [1.54, 1.807) is 6.20 Å². The molecule has 0 aliphatic rings. The minimum absolute atomic E-state index is 0.161. The second kappa shape index (κ2) is 5.30. The summed E-state index contributed by atoms with van der Waals surface area (Å²) in [6.07, 6.45) is 2.57. The predicted octanol–water partition coefficient (Wildman–Crippen LogP) is 4.33. The van der Waals surface area contributed by atoms with Crippen LogP contribution in [0, 0.1) is 6.92 Å². The molecule has 0 unspecified atom stereocenters. The molecule has 2 nitrogen and oxygen atoms in total. The van der Waals surface area contributed by atoms with E-state index in [4.69, 9.17) is 11.6 Å². The summed E-state index contributed by atoms with van der Waals surface area (Å²) in [7, 11) is 0. The fourth-order valence-corrected chi connectivity index (χ4v) is 2.12. The molecule has 0 bridgehead atoms. The van der Waals surface area contributed by atoms with Gasteiger partial charge in [-0.1, -0.05) is 45.0 Å². The lowest BCUT2D eigenvalue weighted by Gasteiger charge is -2.19. The fourth-order valence-electron chi connectivity index (χ4n) is 1.97. The molecule has 0 atom stereocenters. The number of hydrogen-bond donors (Lipinski definition) is 0. The maximum Gasteiger partial charge on any atom is 0.222 e. The molecule has 100 valence electrons. The van der Waals surface area contributed by atoms with Gasteiger partial charge in [-0.25, -0.2) is 9.97 Å². The van der Waals surface area contributed by atoms with Gasteiger partial charge in [-0.05, 0) is 40.6 Å². The first-order valence-corrected chi connectivity index (χ1v) is 6.81. The molecule has 1 heterocycles. The van der Waals surface area contributed by atoms with Gasteiger partial charge in [0.25, 0.3) is 0 Å². The highest BCUT2D eigenvalue weighted by molar-refractivity contribution is 6.28. The smallest absolute Gasteiger partial charge is 0.222 e. The molecule has 2 aromatic rings. The highest BCUT2D eigenvalue weighted by atomic mass is 35.5. The maximum absolute atomic E-state index is 5.86. The molecule has 0 N–H and O–H groups in total. The van der Waals surface area contributed by atoms with Crippen molar-refractivity contribution in [1.82, 2.24) is 9.97 Å². The Kier molecular flexibility index (Phi) is 3.91. The zero-order valence-corrected chi connectivity index (χ0v) is 12.6. The summed E-state index contributed by atoms with van der Waals surface area (Å²) < 4.78 is 0. The van der Waals surface area contributed by atoms with E-state index in [0.29, 0.717) is 5.28 Å². The van der Waals surface area contributed by atoms with Gasteiger partial charge in [0.1, 0.15) is 0 Å². The molecular weight excluding hydrogens is 256 g/mol. The molecular formula is C16H19ClN2. The summed E-state index contributed by atoms with van der Waals surface area (Å²) in [6.45, 7) is 8.68. The lowest BCUT2D eigenvalue weighted by atomic mass is 9.86. The Hall–Kier alpha value is -1.41. The van der Waals surface area contributed by atoms with E-state index >= 15 is 0 Å². The Balaban J connectivity index is 2.31. The molecule has 0 saturated heterocycles. The van der Waals surface area contributed by atoms with Crippen LogP contribution in [0.1, 0.15) is 43.2 Å². The van der Waals surface area contributed by atoms with Crippen LogP contribution in [-0.4, -0.2) is 9.97 Å². The average molecular weight is 275 g/mol. The summed E-state index contributed by atoms with van der Waals surface area (Å²) >= 11 is 5.86. The Morgan fingerprint density at radius 3 is 2.63 bits per heavy atom. The van der Waals surface area contributed by atoms with E-state index in [1.807, 2.05) is 6.92 Å². The zero-order valence-electron chi connectivity index (χ0n) is 11.9. The number of halogens is 1. The van der Waals surface area contributed by atoms with Crippen molar-refractivity contribution in [2.45, 2.75) is 39.5 Å². The van der Waals surface area contributed by atoms with Crippen LogP contribution < -0.4 is 0 Å². The molecule has 3 heteroatoms. The van der Waals surface area contributed by atoms with Crippen LogP contribution in [0.15, 0.2) is 30.5 Å². The van der Waals surface area contributed by atoms with E-state index in [0.717, 1.165) is 17.7 Å². The fraction of sp³-hybridized carbons (Fsp3) is 0.375. The number of hydrogen-bond acceptors (Lipinski definition) is 2. The molecule has 19 heavy (non-hydrogen) atoms. The summed E-state index contributed by atoms with van der Waals surface area (Å²) in [4.78, 5) is 8.31. The number of aromatic nitrogens is 2. The lowest BCUT2D eigenvalue weighted by molar-refractivity contribution is 0.589. The first kappa shape index (κ1) is 14.0. The van der Waals surface area contributed by atoms with Gasteiger partial charge in [-0.3, -0.25) is 0 Å². The molecule has 0 fully saturated rings. The number of rotatable bonds is 2. The lowest BCUT2D eigenvalue weighted by Crippen LogP contribution is -2.11. The van der Waals surface area contributed by atoms with Gasteiger partial charge in [0.05, 0.1) is 5.69 Å². The number of nitrogens with zero attached hydrogens (tertiary/aromatic N) is 2. The normalized spacial score (nSPS) is 11.6. The molecule has 2 rings (SSSR count). The van der Waals surface area contributed by atoms with Crippen LogP contribution in [-0.2, 0) is 11.8 Å². The van der Waals surface area contributed by atoms with Gasteiger partial charge >= 0.3 is 0 Å². The van der Waals surface area contributed by atoms with Gasteiger partial charge in [-0.2, -0.15) is 0 Å². The molecule has 0 aliphatic heterocycles. The summed E-state index contributed by atoms with van der Waals surface area (Å²) in [5.41, 5.74) is 4.82. The monoisotopic (exact) mass is 274 g/mol. The SMILES string of the molecule is Cc1cnc(Cl)nc1Cc1cccc(C(C)(C)C)c1. The van der Waals surface area contributed by atoms with Gasteiger partial charge < -0.3 is 0 Å². The molecule has 0 amide bonds. The summed E-state index contributed by atoms with van der Waals surface area (Å²) in [5, 5.41) is 0.313. The maximum atomic E-state index is 5.86. The Morgan fingerprint density at radius 2 is 1.95 bits per heavy atom. The van der Waals surface area contributed by atoms with Crippen molar-refractivity contribution in [3.8, 4) is 0 Å². The third-order valence-corrected chi connectivity index (χ3v) is 3.39. The first-order chi connectivity index (χ1) is 8.86. The van der Waals surface area contributed by atoms with Gasteiger partial charge in [-0.15, -0.1) is 0 Å². The molecule has 0 spiro atoms. The molecule has 0 saturated carbocycles. The highest BCUT2D eigenvalue weighted by Crippen LogP contribution is 2.24. The second-order valence-corrected chi connectivity index (χ2v) is 6.23. The Labute approximate surface area is 119 Å². The van der Waals surface area contributed by atoms with E-state index in [-0.39, 0.29) is 5.41 Å². The van der Waals surface area contributed by atoms with Crippen LogP contribution in [0.5, 0.6) is 0 Å². The van der Waals surface area contributed by atoms with Crippen LogP contribution in [0.2, 0.25) is 5.28 Å². The molecule has 0 radical (unpaired) electrons. The number of aryl methyl sites for hydroxylation is 1. The third-order valence-electron chi connectivity index (χ3n) is 3.21. The average Bonchev–Trinajstić information content (AvgIpc) is 2.33. The predicted molar refractivity (Wildman–Crippen MR) is 79.7 cm³/mol. The van der Waals surface area contributed by atoms with E-state index in [2.05, 4.69) is 55.0 Å². The van der Waals surface area contributed by atoms with Crippen molar-refractivity contribution in [2.24, 2.45) is 0 Å². The van der Waals surface area contributed by atoms with Crippen molar-refractivity contribution in [2.75, 3.05) is 0 Å². The molecule has 1 aromatic carbocycles. The third kappa shape index (κ3) is 3.54. The largest absolute Gasteiger partial charge is 0.226 e. The van der Waals surface area contributed by atoms with Crippen LogP contribution >= 0.6 is 11.6 Å². The van der Waals surface area contributed by atoms with Crippen LogP contribution in [0.3, 0.4) is 0 Å². The second-order valence-electron chi connectivity index (χ2n) is 5.90. The van der Waals surface area contributed by atoms with Gasteiger partial charge in [0, 0.05) is 12.6 Å². The van der Waals surface area contributed by atoms with Crippen molar-refractivity contribution < 1.29 is 0 Å². The minimum Gasteiger partial charge on any atom is -0.226 e. The zero-order chi connectivity index (χ0) is 14.0. The van der Waals surface area contributed by atoms with E-state index < -0.39 is 0 Å². The van der Waals surface area contributed by atoms with Crippen molar-refractivity contribution in [1.29, 1.82) is 0 Å². The standard InChI is InChI=1S/C16H19ClN2/c1-11-10-18-15(17)19-14(11)9-12-6-5-7-13(8-12)16(2,3)4/h5-8,10H,9H2,1-4H3. The van der Waals surface area contributed by atoms with Gasteiger partial charge in [0.2, 0.25) is 5.28 Å². The van der Waals surface area contributed by atoms with Crippen LogP contribution in [0.25, 0.3) is 0 Å². The minimum atomic E-state index is 0.161. The van der Waals surface area contributed by atoms with Gasteiger partial charge in [0.15, 0.2) is 0 Å². The highest BCUT2D eigenvalue weighted by Gasteiger charge is 2.14. The summed E-state index contributed by atoms with van der Waals surface area (Å²) in [6, 6.07) is 8.65. The Bertz CT molecular complexity index is 586. The van der Waals surface area contributed by atoms with Crippen molar-refractivity contribution in [3.05, 3.63) is 58.1 Å². The van der Waals surface area contributed by atoms with E-state index in [9.17, 15) is 0 Å². The number of benzene rings is 1.